The summed E-state index contributed by atoms with van der Waals surface area (Å²) in [6, 6.07) is -0.289. The minimum atomic E-state index is -4.50. The van der Waals surface area contributed by atoms with E-state index in [1.807, 2.05) is 0 Å². The monoisotopic (exact) mass is 594 g/mol. The number of nitriles is 1. The standard InChI is InChI=1S/C27H39ClF4N4O4/c1-15(37)17-8-19(10-33)35(11-17)14-40-13-21-20-9-18(29)7-6-16(20)12-36(21)23(38)22(25(2,3)4)34-24(39)26(5,30)27(28,31)32/h16-22H,6-9,11-14H2,1-5H3,(H,34,39)/t16?,17-,18+,19-,20-,21+,22+,26?/m0/s1. The first-order valence-electron chi connectivity index (χ1n) is 13.6. The van der Waals surface area contributed by atoms with E-state index in [4.69, 9.17) is 16.3 Å². The van der Waals surface area contributed by atoms with Crippen molar-refractivity contribution in [2.45, 2.75) is 95.6 Å². The van der Waals surface area contributed by atoms with Crippen LogP contribution >= 0.6 is 11.6 Å². The van der Waals surface area contributed by atoms with Gasteiger partial charge in [0.25, 0.3) is 11.6 Å². The van der Waals surface area contributed by atoms with Gasteiger partial charge in [0.1, 0.15) is 30.8 Å². The van der Waals surface area contributed by atoms with Crippen molar-refractivity contribution >= 4 is 29.2 Å². The number of ether oxygens (including phenoxy) is 1. The van der Waals surface area contributed by atoms with E-state index in [1.165, 1.54) is 11.8 Å². The second-order valence-corrected chi connectivity index (χ2v) is 13.1. The molecule has 2 unspecified atom stereocenters. The molecule has 0 spiro atoms. The molecule has 2 aliphatic heterocycles. The lowest BCUT2D eigenvalue weighted by Crippen LogP contribution is -2.61. The van der Waals surface area contributed by atoms with Crippen molar-refractivity contribution in [3.63, 3.8) is 0 Å². The summed E-state index contributed by atoms with van der Waals surface area (Å²) in [6.07, 6.45) is 0.466. The van der Waals surface area contributed by atoms with Crippen LogP contribution in [0.15, 0.2) is 0 Å². The fourth-order valence-electron chi connectivity index (χ4n) is 5.97. The van der Waals surface area contributed by atoms with Crippen molar-refractivity contribution in [2.75, 3.05) is 26.4 Å². The van der Waals surface area contributed by atoms with Gasteiger partial charge in [-0.05, 0) is 68.4 Å². The zero-order valence-corrected chi connectivity index (χ0v) is 24.3. The van der Waals surface area contributed by atoms with Gasteiger partial charge in [-0.2, -0.15) is 14.0 Å². The SMILES string of the molecule is CC(=O)[C@H]1C[C@@H](C#N)N(COC[C@@H]2[C@H]3C[C@H](F)CCC3CN2C(=O)[C@@H](NC(=O)C(C)(F)C(F)(F)Cl)C(C)(C)C)C1. The molecule has 0 aromatic rings. The third-order valence-electron chi connectivity index (χ3n) is 8.61. The van der Waals surface area contributed by atoms with E-state index in [0.717, 1.165) is 0 Å². The van der Waals surface area contributed by atoms with Gasteiger partial charge >= 0.3 is 5.38 Å². The van der Waals surface area contributed by atoms with Crippen LogP contribution in [0, 0.1) is 34.5 Å². The minimum Gasteiger partial charge on any atom is -0.364 e. The highest BCUT2D eigenvalue weighted by atomic mass is 35.5. The van der Waals surface area contributed by atoms with Gasteiger partial charge in [0.05, 0.1) is 18.7 Å². The molecule has 1 aliphatic carbocycles. The van der Waals surface area contributed by atoms with Gasteiger partial charge in [-0.1, -0.05) is 20.8 Å². The quantitative estimate of drug-likeness (QED) is 0.322. The van der Waals surface area contributed by atoms with Crippen LogP contribution in [0.1, 0.15) is 60.3 Å². The summed E-state index contributed by atoms with van der Waals surface area (Å²) in [4.78, 5) is 41.5. The van der Waals surface area contributed by atoms with Gasteiger partial charge in [0, 0.05) is 19.0 Å². The highest BCUT2D eigenvalue weighted by molar-refractivity contribution is 6.24. The fourth-order valence-corrected chi connectivity index (χ4v) is 6.06. The number of alkyl halides is 5. The molecule has 0 aromatic carbocycles. The molecular formula is C27H39ClF4N4O4. The molecule has 3 aliphatic rings. The van der Waals surface area contributed by atoms with Gasteiger partial charge < -0.3 is 15.0 Å². The zero-order valence-electron chi connectivity index (χ0n) is 23.6. The first-order valence-corrected chi connectivity index (χ1v) is 14.0. The van der Waals surface area contributed by atoms with Crippen LogP contribution < -0.4 is 5.32 Å². The number of hydrogen-bond donors (Lipinski definition) is 1. The number of likely N-dealkylation sites (tertiary alicyclic amines) is 2. The Bertz CT molecular complexity index is 1010. The first-order chi connectivity index (χ1) is 18.4. The number of nitrogens with one attached hydrogen (secondary N) is 1. The van der Waals surface area contributed by atoms with Gasteiger partial charge in [-0.25, -0.2) is 8.78 Å². The van der Waals surface area contributed by atoms with Crippen LogP contribution in [0.2, 0.25) is 0 Å². The highest BCUT2D eigenvalue weighted by Gasteiger charge is 2.57. The number of amides is 2. The molecule has 0 bridgehead atoms. The van der Waals surface area contributed by atoms with Crippen LogP contribution in [-0.2, 0) is 19.1 Å². The van der Waals surface area contributed by atoms with Crippen LogP contribution in [0.25, 0.3) is 0 Å². The summed E-state index contributed by atoms with van der Waals surface area (Å²) in [6.45, 7) is 7.31. The normalized spacial score (nSPS) is 31.7. The summed E-state index contributed by atoms with van der Waals surface area (Å²) in [5.41, 5.74) is -4.77. The van der Waals surface area contributed by atoms with Crippen molar-refractivity contribution < 1.29 is 36.7 Å². The number of fused-ring (bicyclic) bond motifs is 1. The maximum atomic E-state index is 14.7. The molecule has 3 fully saturated rings. The molecule has 8 nitrogen and oxygen atoms in total. The maximum Gasteiger partial charge on any atom is 0.363 e. The number of nitrogens with zero attached hydrogens (tertiary/aromatic N) is 3. The molecule has 0 aromatic heterocycles. The number of Topliss-reactive ketones (excluding diaryl/α,β-unsaturated/α-hetero) is 1. The number of carbonyl (C=O) groups is 3. The molecule has 2 amide bonds. The van der Waals surface area contributed by atoms with Crippen molar-refractivity contribution in [3.8, 4) is 6.07 Å². The molecule has 2 saturated heterocycles. The lowest BCUT2D eigenvalue weighted by Gasteiger charge is -2.38. The predicted molar refractivity (Wildman–Crippen MR) is 139 cm³/mol. The summed E-state index contributed by atoms with van der Waals surface area (Å²) in [5, 5.41) is 7.15. The lowest BCUT2D eigenvalue weighted by atomic mass is 9.78. The Morgan fingerprint density at radius 1 is 1.12 bits per heavy atom. The summed E-state index contributed by atoms with van der Waals surface area (Å²) in [5.74, 6) is -2.88. The topological polar surface area (TPSA) is 103 Å². The lowest BCUT2D eigenvalue weighted by molar-refractivity contribution is -0.153. The van der Waals surface area contributed by atoms with E-state index in [0.29, 0.717) is 32.7 Å². The highest BCUT2D eigenvalue weighted by Crippen LogP contribution is 2.43. The molecule has 1 saturated carbocycles. The number of hydrogen-bond acceptors (Lipinski definition) is 6. The van der Waals surface area contributed by atoms with Crippen molar-refractivity contribution in [3.05, 3.63) is 0 Å². The van der Waals surface area contributed by atoms with E-state index >= 15 is 0 Å². The van der Waals surface area contributed by atoms with Crippen LogP contribution in [0.3, 0.4) is 0 Å². The average Bonchev–Trinajstić information content (AvgIpc) is 3.42. The smallest absolute Gasteiger partial charge is 0.363 e. The molecular weight excluding hydrogens is 556 g/mol. The minimum absolute atomic E-state index is 0.00437. The van der Waals surface area contributed by atoms with Crippen LogP contribution in [0.4, 0.5) is 17.6 Å². The first kappa shape index (κ1) is 32.5. The molecule has 40 heavy (non-hydrogen) atoms. The van der Waals surface area contributed by atoms with Gasteiger partial charge in [0.2, 0.25) is 5.91 Å². The number of carbonyl (C=O) groups excluding carboxylic acids is 3. The number of rotatable bonds is 9. The van der Waals surface area contributed by atoms with Crippen molar-refractivity contribution in [1.29, 1.82) is 5.26 Å². The van der Waals surface area contributed by atoms with Crippen molar-refractivity contribution in [1.82, 2.24) is 15.1 Å². The van der Waals surface area contributed by atoms with Gasteiger partial charge in [-0.15, -0.1) is 0 Å². The Balaban J connectivity index is 1.80. The van der Waals surface area contributed by atoms with E-state index in [1.54, 1.807) is 25.7 Å². The van der Waals surface area contributed by atoms with Crippen LogP contribution in [-0.4, -0.2) is 89.2 Å². The molecule has 1 N–H and O–H groups in total. The summed E-state index contributed by atoms with van der Waals surface area (Å²) < 4.78 is 62.3. The second-order valence-electron chi connectivity index (χ2n) is 12.6. The van der Waals surface area contributed by atoms with Gasteiger partial charge in [0.15, 0.2) is 0 Å². The Morgan fingerprint density at radius 3 is 2.33 bits per heavy atom. The average molecular weight is 595 g/mol. The summed E-state index contributed by atoms with van der Waals surface area (Å²) >= 11 is 4.84. The molecule has 2 heterocycles. The third kappa shape index (κ3) is 6.90. The largest absolute Gasteiger partial charge is 0.364 e. The van der Waals surface area contributed by atoms with E-state index in [9.17, 15) is 37.2 Å². The Kier molecular flexibility index (Phi) is 9.84. The fraction of sp³-hybridized carbons (Fsp3) is 0.852. The summed E-state index contributed by atoms with van der Waals surface area (Å²) in [7, 11) is 0. The number of halogens is 5. The Morgan fingerprint density at radius 2 is 1.77 bits per heavy atom. The zero-order chi connectivity index (χ0) is 30.2. The van der Waals surface area contributed by atoms with Crippen LogP contribution in [0.5, 0.6) is 0 Å². The number of ketones is 1. The maximum absolute atomic E-state index is 14.7. The predicted octanol–water partition coefficient (Wildman–Crippen LogP) is 3.82. The van der Waals surface area contributed by atoms with E-state index in [-0.39, 0.29) is 49.8 Å². The van der Waals surface area contributed by atoms with Gasteiger partial charge in [-0.3, -0.25) is 19.3 Å². The molecule has 0 radical (unpaired) electrons. The van der Waals surface area contributed by atoms with Crippen molar-refractivity contribution in [2.24, 2.45) is 23.2 Å². The molecule has 226 valence electrons. The molecule has 3 rings (SSSR count). The van der Waals surface area contributed by atoms with E-state index in [2.05, 4.69) is 11.4 Å². The molecule has 13 heteroatoms. The van der Waals surface area contributed by atoms with E-state index < -0.39 is 52.6 Å². The third-order valence-corrected chi connectivity index (χ3v) is 8.97. The Labute approximate surface area is 237 Å². The second kappa shape index (κ2) is 12.1. The molecule has 8 atom stereocenters. The Hall–Kier alpha value is -1.97.